The standard InChI is InChI=1S/C53H56F5NOSi/c1-32-22-25-43-41(28-32)44-50(59(43)31-42-45(54)47(56)49(58)48(57)46(42)55)37-19-11-13-21-39(37)52(44)61(5,27-15-7-6-14-26-60-53(2,3)4)51-38-20-12-10-18-35(38)36-24-23-34(30-40(36)51)29-33-16-8-9-17-33/h10-13,18-25,28,30,33,51-52H,6-9,14-17,26-27,29,31H2,1-5H3. The smallest absolute Gasteiger partial charge is 0.200 e. The topological polar surface area (TPSA) is 14.2 Å². The van der Waals surface area contributed by atoms with Crippen LogP contribution in [0.4, 0.5) is 22.0 Å². The third kappa shape index (κ3) is 7.39. The van der Waals surface area contributed by atoms with E-state index in [9.17, 15) is 13.2 Å². The maximum Gasteiger partial charge on any atom is 0.200 e. The van der Waals surface area contributed by atoms with Crippen molar-refractivity contribution < 1.29 is 26.7 Å². The lowest BCUT2D eigenvalue weighted by Crippen LogP contribution is -2.45. The molecule has 0 amide bonds. The van der Waals surface area contributed by atoms with Crippen molar-refractivity contribution in [3.8, 4) is 22.4 Å². The van der Waals surface area contributed by atoms with Crippen molar-refractivity contribution >= 4 is 19.0 Å². The average Bonchev–Trinajstić information content (AvgIpc) is 4.02. The Morgan fingerprint density at radius 2 is 1.30 bits per heavy atom. The summed E-state index contributed by atoms with van der Waals surface area (Å²) in [5, 5.41) is 0.972. The first-order valence-electron chi connectivity index (χ1n) is 22.3. The number of nitrogens with zero attached hydrogens (tertiary/aromatic N) is 1. The number of fused-ring (bicyclic) bond motifs is 8. The first-order valence-corrected chi connectivity index (χ1v) is 25.2. The van der Waals surface area contributed by atoms with Crippen LogP contribution in [0.1, 0.15) is 122 Å². The molecule has 2 nitrogen and oxygen atoms in total. The molecular formula is C53H56F5NOSi. The third-order valence-electron chi connectivity index (χ3n) is 14.1. The van der Waals surface area contributed by atoms with Crippen molar-refractivity contribution in [3.63, 3.8) is 0 Å². The molecule has 1 saturated carbocycles. The average molecular weight is 846 g/mol. The van der Waals surface area contributed by atoms with E-state index >= 15 is 8.78 Å². The summed E-state index contributed by atoms with van der Waals surface area (Å²) in [5.74, 6) is -8.86. The highest BCUT2D eigenvalue weighted by Crippen LogP contribution is 2.61. The molecule has 0 aliphatic heterocycles. The Bertz CT molecular complexity index is 2610. The normalized spacial score (nSPS) is 18.1. The number of hydrogen-bond donors (Lipinski definition) is 0. The van der Waals surface area contributed by atoms with Crippen LogP contribution in [0.3, 0.4) is 0 Å². The molecule has 3 aliphatic carbocycles. The molecule has 9 rings (SSSR count). The summed E-state index contributed by atoms with van der Waals surface area (Å²) in [5.41, 5.74) is 11.8. The van der Waals surface area contributed by atoms with Gasteiger partial charge in [-0.3, -0.25) is 0 Å². The van der Waals surface area contributed by atoms with E-state index in [1.807, 2.05) is 29.7 Å². The van der Waals surface area contributed by atoms with Gasteiger partial charge >= 0.3 is 0 Å². The molecule has 3 atom stereocenters. The van der Waals surface area contributed by atoms with Gasteiger partial charge in [-0.2, -0.15) is 0 Å². The number of hydrogen-bond acceptors (Lipinski definition) is 1. The maximum absolute atomic E-state index is 15.6. The zero-order chi connectivity index (χ0) is 42.8. The number of unbranched alkanes of at least 4 members (excludes halogenated alkanes) is 3. The van der Waals surface area contributed by atoms with Gasteiger partial charge in [0.05, 0.1) is 25.9 Å². The summed E-state index contributed by atoms with van der Waals surface area (Å²) >= 11 is 0. The number of rotatable bonds is 13. The fourth-order valence-corrected chi connectivity index (χ4v) is 17.2. The molecule has 5 aromatic carbocycles. The van der Waals surface area contributed by atoms with Crippen molar-refractivity contribution in [2.45, 2.75) is 121 Å². The van der Waals surface area contributed by atoms with Crippen LogP contribution in [-0.4, -0.2) is 24.8 Å². The van der Waals surface area contributed by atoms with Crippen molar-refractivity contribution in [2.24, 2.45) is 5.92 Å². The summed E-state index contributed by atoms with van der Waals surface area (Å²) < 4.78 is 83.0. The van der Waals surface area contributed by atoms with Gasteiger partial charge in [0.2, 0.25) is 5.82 Å². The van der Waals surface area contributed by atoms with Crippen LogP contribution >= 0.6 is 0 Å². The second-order valence-corrected chi connectivity index (χ2v) is 24.0. The monoisotopic (exact) mass is 845 g/mol. The van der Waals surface area contributed by atoms with Crippen LogP contribution in [-0.2, 0) is 17.7 Å². The minimum atomic E-state index is -2.68. The molecule has 0 saturated heterocycles. The molecule has 3 aliphatic rings. The Hall–Kier alpha value is -4.53. The summed E-state index contributed by atoms with van der Waals surface area (Å²) in [4.78, 5) is 0. The van der Waals surface area contributed by atoms with Crippen molar-refractivity contribution in [3.05, 3.63) is 153 Å². The molecule has 0 N–H and O–H groups in total. The van der Waals surface area contributed by atoms with E-state index in [2.05, 4.69) is 94.0 Å². The molecule has 318 valence electrons. The number of benzene rings is 5. The van der Waals surface area contributed by atoms with Gasteiger partial charge in [0, 0.05) is 39.7 Å². The first kappa shape index (κ1) is 41.8. The van der Waals surface area contributed by atoms with E-state index < -0.39 is 49.3 Å². The molecule has 3 unspecified atom stereocenters. The Kier molecular flexibility index (Phi) is 11.2. The molecule has 1 heterocycles. The van der Waals surface area contributed by atoms with E-state index in [1.54, 1.807) is 0 Å². The van der Waals surface area contributed by atoms with Crippen LogP contribution in [0.15, 0.2) is 84.9 Å². The zero-order valence-corrected chi connectivity index (χ0v) is 37.0. The molecule has 6 aromatic rings. The quantitative estimate of drug-likeness (QED) is 0.0371. The SMILES string of the molecule is Cc1ccc2c(c1)c1c(n2Cc2c(F)c(F)c(F)c(F)c2F)-c2ccccc2C1[Si](C)(CCCCCCOC(C)(C)C)C1c2ccccc2-c2ccc(CC3CCCC3)cc21. The molecule has 1 fully saturated rings. The highest BCUT2D eigenvalue weighted by molar-refractivity contribution is 6.83. The van der Waals surface area contributed by atoms with Crippen molar-refractivity contribution in [2.75, 3.05) is 6.61 Å². The van der Waals surface area contributed by atoms with Gasteiger partial charge in [-0.25, -0.2) is 22.0 Å². The summed E-state index contributed by atoms with van der Waals surface area (Å²) in [6, 6.07) is 31.7. The largest absolute Gasteiger partial charge is 0.376 e. The van der Waals surface area contributed by atoms with Crippen LogP contribution in [0.25, 0.3) is 33.3 Å². The highest BCUT2D eigenvalue weighted by atomic mass is 28.3. The van der Waals surface area contributed by atoms with E-state index in [4.69, 9.17) is 4.74 Å². The molecule has 0 spiro atoms. The van der Waals surface area contributed by atoms with Crippen molar-refractivity contribution in [1.82, 2.24) is 4.57 Å². The number of aromatic nitrogens is 1. The van der Waals surface area contributed by atoms with Crippen LogP contribution in [0, 0.1) is 41.9 Å². The minimum Gasteiger partial charge on any atom is -0.376 e. The van der Waals surface area contributed by atoms with E-state index in [0.717, 1.165) is 78.0 Å². The van der Waals surface area contributed by atoms with Gasteiger partial charge in [-0.1, -0.05) is 136 Å². The van der Waals surface area contributed by atoms with Crippen molar-refractivity contribution in [1.29, 1.82) is 0 Å². The highest BCUT2D eigenvalue weighted by Gasteiger charge is 2.53. The fraction of sp³-hybridized carbons (Fsp3) is 0.396. The molecule has 61 heavy (non-hydrogen) atoms. The van der Waals surface area contributed by atoms with Gasteiger partial charge in [-0.05, 0) is 97.5 Å². The van der Waals surface area contributed by atoms with E-state index in [0.29, 0.717) is 5.92 Å². The minimum absolute atomic E-state index is 0.0210. The summed E-state index contributed by atoms with van der Waals surface area (Å²) in [7, 11) is -2.68. The lowest BCUT2D eigenvalue weighted by molar-refractivity contribution is -0.00471. The second kappa shape index (κ2) is 16.3. The molecule has 1 aromatic heterocycles. The van der Waals surface area contributed by atoms with E-state index in [1.165, 1.54) is 59.1 Å². The predicted octanol–water partition coefficient (Wildman–Crippen LogP) is 14.9. The lowest BCUT2D eigenvalue weighted by atomic mass is 9.95. The Morgan fingerprint density at radius 3 is 2.00 bits per heavy atom. The zero-order valence-electron chi connectivity index (χ0n) is 36.0. The van der Waals surface area contributed by atoms with Gasteiger partial charge < -0.3 is 9.30 Å². The van der Waals surface area contributed by atoms with Gasteiger partial charge in [0.1, 0.15) is 0 Å². The Labute approximate surface area is 358 Å². The number of halogens is 5. The molecular weight excluding hydrogens is 790 g/mol. The third-order valence-corrected chi connectivity index (χ3v) is 19.4. The van der Waals surface area contributed by atoms with Crippen LogP contribution in [0.2, 0.25) is 12.6 Å². The molecule has 0 bridgehead atoms. The van der Waals surface area contributed by atoms with E-state index in [-0.39, 0.29) is 16.7 Å². The van der Waals surface area contributed by atoms with Gasteiger partial charge in [0.15, 0.2) is 23.3 Å². The van der Waals surface area contributed by atoms with Gasteiger partial charge in [-0.15, -0.1) is 0 Å². The fourth-order valence-electron chi connectivity index (χ4n) is 11.4. The summed E-state index contributed by atoms with van der Waals surface area (Å²) in [6.07, 6.45) is 10.4. The molecule has 8 heteroatoms. The maximum atomic E-state index is 15.6. The van der Waals surface area contributed by atoms with Crippen LogP contribution in [0.5, 0.6) is 0 Å². The number of ether oxygens (including phenoxy) is 1. The Morgan fingerprint density at radius 1 is 0.672 bits per heavy atom. The molecule has 0 radical (unpaired) electrons. The first-order chi connectivity index (χ1) is 29.3. The van der Waals surface area contributed by atoms with Crippen LogP contribution < -0.4 is 0 Å². The second-order valence-electron chi connectivity index (χ2n) is 19.4. The Balaban J connectivity index is 1.23. The summed E-state index contributed by atoms with van der Waals surface area (Å²) in [6.45, 7) is 11.1. The lowest BCUT2D eigenvalue weighted by Gasteiger charge is -2.41. The van der Waals surface area contributed by atoms with Gasteiger partial charge in [0.25, 0.3) is 0 Å². The number of aryl methyl sites for hydroxylation is 1. The predicted molar refractivity (Wildman–Crippen MR) is 239 cm³/mol.